The van der Waals surface area contributed by atoms with E-state index < -0.39 is 0 Å². The van der Waals surface area contributed by atoms with Gasteiger partial charge in [-0.1, -0.05) is 23.7 Å². The molecule has 1 unspecified atom stereocenters. The quantitative estimate of drug-likeness (QED) is 0.390. The minimum Gasteiger partial charge on any atom is -0.373 e. The van der Waals surface area contributed by atoms with E-state index in [-0.39, 0.29) is 17.2 Å². The second kappa shape index (κ2) is 10.1. The highest BCUT2D eigenvalue weighted by molar-refractivity contribution is 6.33. The Morgan fingerprint density at radius 2 is 2.00 bits per heavy atom. The number of hydrogen-bond donors (Lipinski definition) is 2. The summed E-state index contributed by atoms with van der Waals surface area (Å²) in [5.74, 6) is 0.498. The Bertz CT molecular complexity index is 1570. The third-order valence-electron chi connectivity index (χ3n) is 7.49. The molecule has 196 valence electrons. The molecule has 2 N–H and O–H groups in total. The molecule has 0 amide bonds. The molecule has 5 heterocycles. The predicted molar refractivity (Wildman–Crippen MR) is 149 cm³/mol. The molecule has 0 aliphatic carbocycles. The van der Waals surface area contributed by atoms with E-state index in [0.717, 1.165) is 54.7 Å². The van der Waals surface area contributed by atoms with E-state index in [9.17, 15) is 4.79 Å². The molecule has 1 aromatic carbocycles. The van der Waals surface area contributed by atoms with Gasteiger partial charge in [-0.05, 0) is 58.3 Å². The number of piperidine rings is 1. The van der Waals surface area contributed by atoms with Crippen LogP contribution in [0.15, 0.2) is 47.7 Å². The maximum absolute atomic E-state index is 14.2. The van der Waals surface area contributed by atoms with Gasteiger partial charge in [-0.2, -0.15) is 4.98 Å². The lowest BCUT2D eigenvalue weighted by atomic mass is 9.88. The molecule has 2 aliphatic heterocycles. The van der Waals surface area contributed by atoms with E-state index in [0.29, 0.717) is 40.9 Å². The highest BCUT2D eigenvalue weighted by Crippen LogP contribution is 2.40. The van der Waals surface area contributed by atoms with E-state index in [1.807, 2.05) is 38.1 Å². The molecule has 9 nitrogen and oxygen atoms in total. The van der Waals surface area contributed by atoms with Crippen LogP contribution in [0.5, 0.6) is 0 Å². The van der Waals surface area contributed by atoms with Crippen LogP contribution in [0.3, 0.4) is 0 Å². The largest absolute Gasteiger partial charge is 0.373 e. The minimum absolute atomic E-state index is 0.131. The fraction of sp³-hybridized carbons (Fsp3) is 0.393. The molecule has 0 radical (unpaired) electrons. The number of hydrogen-bond acceptors (Lipinski definition) is 8. The van der Waals surface area contributed by atoms with Crippen LogP contribution >= 0.6 is 11.6 Å². The van der Waals surface area contributed by atoms with Crippen molar-refractivity contribution in [1.82, 2.24) is 29.8 Å². The molecule has 3 aromatic heterocycles. The number of aryl methyl sites for hydroxylation is 1. The first kappa shape index (κ1) is 24.9. The van der Waals surface area contributed by atoms with Gasteiger partial charge in [0.25, 0.3) is 5.56 Å². The number of nitrogens with zero attached hydrogens (tertiary/aromatic N) is 5. The van der Waals surface area contributed by atoms with E-state index in [2.05, 4.69) is 25.6 Å². The smallest absolute Gasteiger partial charge is 0.260 e. The summed E-state index contributed by atoms with van der Waals surface area (Å²) in [6.45, 7) is 6.88. The van der Waals surface area contributed by atoms with Gasteiger partial charge in [-0.15, -0.1) is 0 Å². The summed E-state index contributed by atoms with van der Waals surface area (Å²) in [4.78, 5) is 32.2. The van der Waals surface area contributed by atoms with Gasteiger partial charge in [-0.3, -0.25) is 14.3 Å². The van der Waals surface area contributed by atoms with Crippen LogP contribution in [0.2, 0.25) is 5.02 Å². The Labute approximate surface area is 225 Å². The van der Waals surface area contributed by atoms with Crippen LogP contribution in [-0.2, 0) is 4.74 Å². The van der Waals surface area contributed by atoms with Crippen molar-refractivity contribution in [2.45, 2.75) is 44.8 Å². The number of halogens is 1. The van der Waals surface area contributed by atoms with Crippen LogP contribution in [-0.4, -0.2) is 56.3 Å². The van der Waals surface area contributed by atoms with E-state index in [1.165, 1.54) is 0 Å². The van der Waals surface area contributed by atoms with Gasteiger partial charge in [-0.25, -0.2) is 9.97 Å². The highest BCUT2D eigenvalue weighted by Gasteiger charge is 2.42. The lowest BCUT2D eigenvalue weighted by Gasteiger charge is -2.33. The van der Waals surface area contributed by atoms with Crippen molar-refractivity contribution in [3.63, 3.8) is 0 Å². The third kappa shape index (κ3) is 4.55. The SMILES string of the molecule is CCNc1ncc2cc(-c3ccc(-c4cncc(C)n4)cc3Cl)c(=O)n(C3COC4(CCNCC4)C3)c2n1. The van der Waals surface area contributed by atoms with Gasteiger partial charge >= 0.3 is 0 Å². The molecular formula is C28H30ClN7O2. The first-order valence-corrected chi connectivity index (χ1v) is 13.4. The molecule has 2 saturated heterocycles. The predicted octanol–water partition coefficient (Wildman–Crippen LogP) is 4.39. The van der Waals surface area contributed by atoms with Gasteiger partial charge in [0.15, 0.2) is 0 Å². The lowest BCUT2D eigenvalue weighted by Crippen LogP contribution is -2.41. The van der Waals surface area contributed by atoms with Gasteiger partial charge < -0.3 is 15.4 Å². The van der Waals surface area contributed by atoms with Crippen molar-refractivity contribution in [2.75, 3.05) is 31.6 Å². The lowest BCUT2D eigenvalue weighted by molar-refractivity contribution is -0.0196. The first-order chi connectivity index (χ1) is 18.5. The van der Waals surface area contributed by atoms with Crippen molar-refractivity contribution < 1.29 is 4.74 Å². The maximum atomic E-state index is 14.2. The summed E-state index contributed by atoms with van der Waals surface area (Å²) >= 11 is 6.80. The van der Waals surface area contributed by atoms with Crippen molar-refractivity contribution in [1.29, 1.82) is 0 Å². The molecule has 10 heteroatoms. The Morgan fingerprint density at radius 3 is 2.76 bits per heavy atom. The highest BCUT2D eigenvalue weighted by atomic mass is 35.5. The Hall–Kier alpha value is -3.40. The molecule has 0 saturated carbocycles. The van der Waals surface area contributed by atoms with E-state index in [4.69, 9.17) is 21.3 Å². The summed E-state index contributed by atoms with van der Waals surface area (Å²) in [5.41, 5.74) is 3.82. The molecule has 0 bridgehead atoms. The minimum atomic E-state index is -0.205. The zero-order valence-electron chi connectivity index (χ0n) is 21.5. The molecule has 4 aromatic rings. The fourth-order valence-corrected chi connectivity index (χ4v) is 5.89. The summed E-state index contributed by atoms with van der Waals surface area (Å²) in [7, 11) is 0. The van der Waals surface area contributed by atoms with Crippen molar-refractivity contribution in [3.05, 3.63) is 63.9 Å². The number of fused-ring (bicyclic) bond motifs is 1. The Kier molecular flexibility index (Phi) is 6.59. The fourth-order valence-electron chi connectivity index (χ4n) is 5.61. The molecule has 2 fully saturated rings. The zero-order chi connectivity index (χ0) is 26.3. The van der Waals surface area contributed by atoms with Crippen LogP contribution in [0, 0.1) is 6.92 Å². The second-order valence-electron chi connectivity index (χ2n) is 10.1. The topological polar surface area (TPSA) is 107 Å². The molecule has 38 heavy (non-hydrogen) atoms. The Balaban J connectivity index is 1.48. The molecular weight excluding hydrogens is 502 g/mol. The van der Waals surface area contributed by atoms with Crippen LogP contribution in [0.25, 0.3) is 33.4 Å². The van der Waals surface area contributed by atoms with Crippen molar-refractivity contribution >= 4 is 28.6 Å². The standard InChI is InChI=1S/C28H30ClN7O2/c1-3-32-27-33-14-19-10-22(21-5-4-18(11-23(21)29)24-15-31-13-17(2)34-24)26(37)36(25(19)35-27)20-12-28(38-16-20)6-8-30-9-7-28/h4-5,10-11,13-15,20,30H,3,6-9,12,16H2,1-2H3,(H,32,33,35). The number of pyridine rings is 1. The Morgan fingerprint density at radius 1 is 1.16 bits per heavy atom. The zero-order valence-corrected chi connectivity index (χ0v) is 22.3. The summed E-state index contributed by atoms with van der Waals surface area (Å²) in [5, 5.41) is 7.82. The molecule has 2 aliphatic rings. The van der Waals surface area contributed by atoms with Crippen LogP contribution in [0.4, 0.5) is 5.95 Å². The summed E-state index contributed by atoms with van der Waals surface area (Å²) in [6.07, 6.45) is 7.82. The van der Waals surface area contributed by atoms with Gasteiger partial charge in [0.05, 0.1) is 35.8 Å². The van der Waals surface area contributed by atoms with Gasteiger partial charge in [0, 0.05) is 46.0 Å². The van der Waals surface area contributed by atoms with Crippen LogP contribution in [0.1, 0.15) is 37.9 Å². The van der Waals surface area contributed by atoms with Crippen molar-refractivity contribution in [3.8, 4) is 22.4 Å². The molecule has 1 atom stereocenters. The molecule has 1 spiro atoms. The second-order valence-corrected chi connectivity index (χ2v) is 10.5. The monoisotopic (exact) mass is 531 g/mol. The van der Waals surface area contributed by atoms with Gasteiger partial charge in [0.2, 0.25) is 5.95 Å². The summed E-state index contributed by atoms with van der Waals surface area (Å²) < 4.78 is 8.18. The van der Waals surface area contributed by atoms with Crippen LogP contribution < -0.4 is 16.2 Å². The normalized spacial score (nSPS) is 18.8. The average molecular weight is 532 g/mol. The summed E-state index contributed by atoms with van der Waals surface area (Å²) in [6, 6.07) is 7.34. The first-order valence-electron chi connectivity index (χ1n) is 13.1. The number of benzene rings is 1. The number of aromatic nitrogens is 5. The van der Waals surface area contributed by atoms with E-state index in [1.54, 1.807) is 23.2 Å². The van der Waals surface area contributed by atoms with Crippen molar-refractivity contribution in [2.24, 2.45) is 0 Å². The number of anilines is 1. The van der Waals surface area contributed by atoms with Gasteiger partial charge in [0.1, 0.15) is 5.65 Å². The maximum Gasteiger partial charge on any atom is 0.260 e. The third-order valence-corrected chi connectivity index (χ3v) is 7.80. The number of rotatable bonds is 5. The van der Waals surface area contributed by atoms with E-state index >= 15 is 0 Å². The number of ether oxygens (including phenoxy) is 1. The molecule has 6 rings (SSSR count). The number of nitrogens with one attached hydrogen (secondary N) is 2. The average Bonchev–Trinajstić information content (AvgIpc) is 3.31.